The Morgan fingerprint density at radius 1 is 1.20 bits per heavy atom. The van der Waals surface area contributed by atoms with Gasteiger partial charge in [-0.1, -0.05) is 30.3 Å². The molecule has 2 heterocycles. The van der Waals surface area contributed by atoms with Crippen molar-refractivity contribution >= 4 is 0 Å². The summed E-state index contributed by atoms with van der Waals surface area (Å²) in [4.78, 5) is 6.72. The van der Waals surface area contributed by atoms with Crippen LogP contribution in [0.4, 0.5) is 0 Å². The lowest BCUT2D eigenvalue weighted by atomic mass is 9.97. The van der Waals surface area contributed by atoms with Gasteiger partial charge in [0.05, 0.1) is 6.33 Å². The van der Waals surface area contributed by atoms with Gasteiger partial charge in [0.15, 0.2) is 0 Å². The molecule has 1 aromatic carbocycles. The van der Waals surface area contributed by atoms with Crippen LogP contribution in [0.1, 0.15) is 31.2 Å². The number of aromatic nitrogens is 2. The van der Waals surface area contributed by atoms with Crippen molar-refractivity contribution in [3.8, 4) is 0 Å². The quantitative estimate of drug-likeness (QED) is 0.831. The highest BCUT2D eigenvalue weighted by Gasteiger charge is 2.29. The number of likely N-dealkylation sites (tertiary alicyclic amines) is 1. The highest BCUT2D eigenvalue weighted by Crippen LogP contribution is 2.31. The standard InChI is InChI=1S/C17H23N3/c1-15-12-17(16-6-3-2-4-7-16)13-20(15)10-5-9-19-11-8-18-14-19/h2-4,6-8,11,14-15,17H,5,9-10,12-13H2,1H3/t15-,17-/m1/s1. The maximum Gasteiger partial charge on any atom is 0.0945 e. The van der Waals surface area contributed by atoms with Crippen molar-refractivity contribution in [2.24, 2.45) is 0 Å². The van der Waals surface area contributed by atoms with E-state index in [9.17, 15) is 0 Å². The van der Waals surface area contributed by atoms with E-state index < -0.39 is 0 Å². The van der Waals surface area contributed by atoms with Gasteiger partial charge in [0.25, 0.3) is 0 Å². The lowest BCUT2D eigenvalue weighted by Crippen LogP contribution is -2.28. The van der Waals surface area contributed by atoms with E-state index in [1.807, 2.05) is 18.7 Å². The zero-order chi connectivity index (χ0) is 13.8. The molecule has 1 saturated heterocycles. The van der Waals surface area contributed by atoms with Crippen molar-refractivity contribution < 1.29 is 0 Å². The summed E-state index contributed by atoms with van der Waals surface area (Å²) in [6, 6.07) is 11.6. The molecule has 0 radical (unpaired) electrons. The molecule has 2 atom stereocenters. The van der Waals surface area contributed by atoms with Crippen LogP contribution >= 0.6 is 0 Å². The summed E-state index contributed by atoms with van der Waals surface area (Å²) < 4.78 is 2.16. The third-order valence-corrected chi connectivity index (χ3v) is 4.40. The zero-order valence-electron chi connectivity index (χ0n) is 12.2. The molecule has 1 aliphatic rings. The maximum atomic E-state index is 4.09. The van der Waals surface area contributed by atoms with Crippen LogP contribution in [-0.2, 0) is 6.54 Å². The van der Waals surface area contributed by atoms with E-state index in [4.69, 9.17) is 0 Å². The molecule has 0 spiro atoms. The molecular weight excluding hydrogens is 246 g/mol. The number of aryl methyl sites for hydroxylation is 1. The SMILES string of the molecule is C[C@@H]1C[C@@H](c2ccccc2)CN1CCCn1ccnc1. The molecule has 106 valence electrons. The maximum absolute atomic E-state index is 4.09. The molecule has 3 nitrogen and oxygen atoms in total. The molecule has 0 unspecified atom stereocenters. The van der Waals surface area contributed by atoms with Crippen LogP contribution in [0.3, 0.4) is 0 Å². The van der Waals surface area contributed by atoms with Gasteiger partial charge in [-0.3, -0.25) is 4.90 Å². The van der Waals surface area contributed by atoms with E-state index >= 15 is 0 Å². The monoisotopic (exact) mass is 269 g/mol. The highest BCUT2D eigenvalue weighted by molar-refractivity contribution is 5.21. The number of imidazole rings is 1. The first kappa shape index (κ1) is 13.4. The number of rotatable bonds is 5. The van der Waals surface area contributed by atoms with Crippen molar-refractivity contribution in [3.05, 3.63) is 54.6 Å². The van der Waals surface area contributed by atoms with Crippen molar-refractivity contribution in [2.45, 2.75) is 38.3 Å². The summed E-state index contributed by atoms with van der Waals surface area (Å²) in [5.74, 6) is 0.708. The second-order valence-electron chi connectivity index (χ2n) is 5.84. The van der Waals surface area contributed by atoms with Gasteiger partial charge in [0.2, 0.25) is 0 Å². The molecular formula is C17H23N3. The van der Waals surface area contributed by atoms with Gasteiger partial charge in [0, 0.05) is 38.1 Å². The van der Waals surface area contributed by atoms with Gasteiger partial charge in [-0.2, -0.15) is 0 Å². The Morgan fingerprint density at radius 3 is 2.80 bits per heavy atom. The lowest BCUT2D eigenvalue weighted by Gasteiger charge is -2.20. The summed E-state index contributed by atoms with van der Waals surface area (Å²) in [5.41, 5.74) is 1.50. The molecule has 3 rings (SSSR count). The van der Waals surface area contributed by atoms with Crippen LogP contribution in [-0.4, -0.2) is 33.6 Å². The van der Waals surface area contributed by atoms with E-state index in [0.29, 0.717) is 12.0 Å². The predicted molar refractivity (Wildman–Crippen MR) is 81.7 cm³/mol. The second-order valence-corrected chi connectivity index (χ2v) is 5.84. The molecule has 1 aromatic heterocycles. The van der Waals surface area contributed by atoms with Crippen LogP contribution in [0.15, 0.2) is 49.1 Å². The van der Waals surface area contributed by atoms with E-state index in [0.717, 1.165) is 6.54 Å². The fourth-order valence-electron chi connectivity index (χ4n) is 3.25. The van der Waals surface area contributed by atoms with Gasteiger partial charge >= 0.3 is 0 Å². The van der Waals surface area contributed by atoms with Crippen molar-refractivity contribution in [1.82, 2.24) is 14.5 Å². The first-order chi connectivity index (χ1) is 9.83. The molecule has 2 aromatic rings. The Hall–Kier alpha value is -1.61. The predicted octanol–water partition coefficient (Wildman–Crippen LogP) is 3.15. The molecule has 1 fully saturated rings. The molecule has 3 heteroatoms. The third-order valence-electron chi connectivity index (χ3n) is 4.40. The topological polar surface area (TPSA) is 21.1 Å². The summed E-state index contributed by atoms with van der Waals surface area (Å²) in [5, 5.41) is 0. The Balaban J connectivity index is 1.51. The van der Waals surface area contributed by atoms with E-state index in [1.165, 1.54) is 31.5 Å². The average Bonchev–Trinajstić information content (AvgIpc) is 3.11. The minimum absolute atomic E-state index is 0.697. The summed E-state index contributed by atoms with van der Waals surface area (Å²) in [6.45, 7) is 5.82. The summed E-state index contributed by atoms with van der Waals surface area (Å²) >= 11 is 0. The number of hydrogen-bond acceptors (Lipinski definition) is 2. The zero-order valence-corrected chi connectivity index (χ0v) is 12.2. The van der Waals surface area contributed by atoms with Crippen LogP contribution in [0.2, 0.25) is 0 Å². The first-order valence-corrected chi connectivity index (χ1v) is 7.57. The van der Waals surface area contributed by atoms with Gasteiger partial charge in [-0.15, -0.1) is 0 Å². The molecule has 1 aliphatic heterocycles. The van der Waals surface area contributed by atoms with Crippen LogP contribution in [0.25, 0.3) is 0 Å². The normalized spacial score (nSPS) is 23.2. The average molecular weight is 269 g/mol. The van der Waals surface area contributed by atoms with E-state index in [1.54, 1.807) is 0 Å². The Bertz CT molecular complexity index is 506. The van der Waals surface area contributed by atoms with Crippen molar-refractivity contribution in [1.29, 1.82) is 0 Å². The minimum atomic E-state index is 0.697. The van der Waals surface area contributed by atoms with Gasteiger partial charge in [-0.05, 0) is 31.2 Å². The first-order valence-electron chi connectivity index (χ1n) is 7.57. The molecule has 0 aliphatic carbocycles. The van der Waals surface area contributed by atoms with Crippen LogP contribution < -0.4 is 0 Å². The van der Waals surface area contributed by atoms with Crippen LogP contribution in [0.5, 0.6) is 0 Å². The molecule has 20 heavy (non-hydrogen) atoms. The highest BCUT2D eigenvalue weighted by atomic mass is 15.2. The van der Waals surface area contributed by atoms with E-state index in [2.05, 4.69) is 51.7 Å². The smallest absolute Gasteiger partial charge is 0.0945 e. The lowest BCUT2D eigenvalue weighted by molar-refractivity contribution is 0.259. The Labute approximate surface area is 121 Å². The number of hydrogen-bond donors (Lipinski definition) is 0. The Morgan fingerprint density at radius 2 is 2.05 bits per heavy atom. The largest absolute Gasteiger partial charge is 0.337 e. The molecule has 0 amide bonds. The molecule has 0 saturated carbocycles. The Kier molecular flexibility index (Phi) is 4.16. The number of nitrogens with zero attached hydrogens (tertiary/aromatic N) is 3. The summed E-state index contributed by atoms with van der Waals surface area (Å²) in [6.07, 6.45) is 8.28. The van der Waals surface area contributed by atoms with Gasteiger partial charge < -0.3 is 4.57 Å². The van der Waals surface area contributed by atoms with Crippen molar-refractivity contribution in [3.63, 3.8) is 0 Å². The van der Waals surface area contributed by atoms with Gasteiger partial charge in [0.1, 0.15) is 0 Å². The molecule has 0 bridgehead atoms. The second kappa shape index (κ2) is 6.23. The minimum Gasteiger partial charge on any atom is -0.337 e. The van der Waals surface area contributed by atoms with Crippen LogP contribution in [0, 0.1) is 0 Å². The number of benzene rings is 1. The van der Waals surface area contributed by atoms with Gasteiger partial charge in [-0.25, -0.2) is 4.98 Å². The fourth-order valence-corrected chi connectivity index (χ4v) is 3.25. The summed E-state index contributed by atoms with van der Waals surface area (Å²) in [7, 11) is 0. The molecule has 0 N–H and O–H groups in total. The van der Waals surface area contributed by atoms with Crippen molar-refractivity contribution in [2.75, 3.05) is 13.1 Å². The third kappa shape index (κ3) is 3.10. The van der Waals surface area contributed by atoms with E-state index in [-0.39, 0.29) is 0 Å². The fraction of sp³-hybridized carbons (Fsp3) is 0.471.